The van der Waals surface area contributed by atoms with Crippen LogP contribution in [0.5, 0.6) is 5.75 Å². The highest BCUT2D eigenvalue weighted by atomic mass is 32.1. The molecule has 21 heavy (non-hydrogen) atoms. The predicted molar refractivity (Wildman–Crippen MR) is 83.9 cm³/mol. The first-order valence-electron chi connectivity index (χ1n) is 6.55. The Balaban J connectivity index is 1.74. The van der Waals surface area contributed by atoms with Crippen LogP contribution in [-0.4, -0.2) is 13.1 Å². The fourth-order valence-corrected chi connectivity index (χ4v) is 3.08. The Labute approximate surface area is 126 Å². The number of carbonyl (C=O) groups excluding carboxylic acids is 1. The molecule has 0 amide bonds. The van der Waals surface area contributed by atoms with E-state index < -0.39 is 0 Å². The maximum Gasteiger partial charge on any atom is 0.348 e. The number of carbonyl (C=O) groups is 1. The maximum absolute atomic E-state index is 12.1. The summed E-state index contributed by atoms with van der Waals surface area (Å²) in [5.74, 6) is 0.420. The van der Waals surface area contributed by atoms with Gasteiger partial charge < -0.3 is 9.47 Å². The molecule has 0 unspecified atom stereocenters. The lowest BCUT2D eigenvalue weighted by Gasteiger charge is -2.08. The highest BCUT2D eigenvalue weighted by Gasteiger charge is 2.12. The van der Waals surface area contributed by atoms with Gasteiger partial charge in [0, 0.05) is 10.3 Å². The molecular weight excluding hydrogens is 284 g/mol. The number of benzene rings is 2. The Bertz CT molecular complexity index is 743. The molecule has 3 aromatic rings. The van der Waals surface area contributed by atoms with E-state index in [4.69, 9.17) is 9.47 Å². The molecule has 3 nitrogen and oxygen atoms in total. The van der Waals surface area contributed by atoms with Crippen LogP contribution in [0.15, 0.2) is 54.6 Å². The Hall–Kier alpha value is -2.33. The van der Waals surface area contributed by atoms with E-state index in [1.54, 1.807) is 7.11 Å². The van der Waals surface area contributed by atoms with Crippen LogP contribution in [0.1, 0.15) is 15.2 Å². The zero-order chi connectivity index (χ0) is 14.7. The average molecular weight is 298 g/mol. The average Bonchev–Trinajstić information content (AvgIpc) is 2.97. The molecule has 0 saturated carbocycles. The zero-order valence-electron chi connectivity index (χ0n) is 11.5. The second kappa shape index (κ2) is 5.97. The number of fused-ring (bicyclic) bond motifs is 1. The van der Waals surface area contributed by atoms with Gasteiger partial charge in [0.1, 0.15) is 17.2 Å². The minimum atomic E-state index is -0.304. The van der Waals surface area contributed by atoms with Crippen LogP contribution in [0.3, 0.4) is 0 Å². The van der Waals surface area contributed by atoms with Gasteiger partial charge in [-0.25, -0.2) is 4.79 Å². The van der Waals surface area contributed by atoms with Gasteiger partial charge in [-0.1, -0.05) is 36.4 Å². The highest BCUT2D eigenvalue weighted by Crippen LogP contribution is 2.26. The Kier molecular flexibility index (Phi) is 3.88. The predicted octanol–water partition coefficient (Wildman–Crippen LogP) is 4.27. The topological polar surface area (TPSA) is 35.5 Å². The van der Waals surface area contributed by atoms with Crippen molar-refractivity contribution in [3.05, 3.63) is 65.0 Å². The van der Waals surface area contributed by atoms with Crippen molar-refractivity contribution >= 4 is 27.4 Å². The van der Waals surface area contributed by atoms with Gasteiger partial charge in [0.05, 0.1) is 7.11 Å². The lowest BCUT2D eigenvalue weighted by atomic mass is 10.2. The summed E-state index contributed by atoms with van der Waals surface area (Å²) in [6, 6.07) is 17.3. The monoisotopic (exact) mass is 298 g/mol. The van der Waals surface area contributed by atoms with Gasteiger partial charge in [0.25, 0.3) is 0 Å². The largest absolute Gasteiger partial charge is 0.496 e. The van der Waals surface area contributed by atoms with Crippen molar-refractivity contribution in [1.82, 2.24) is 0 Å². The van der Waals surface area contributed by atoms with E-state index in [1.165, 1.54) is 11.3 Å². The van der Waals surface area contributed by atoms with Gasteiger partial charge >= 0.3 is 5.97 Å². The molecule has 2 aromatic carbocycles. The van der Waals surface area contributed by atoms with Crippen molar-refractivity contribution in [1.29, 1.82) is 0 Å². The lowest BCUT2D eigenvalue weighted by Crippen LogP contribution is -2.04. The number of methoxy groups -OCH3 is 1. The smallest absolute Gasteiger partial charge is 0.348 e. The van der Waals surface area contributed by atoms with Gasteiger partial charge in [0.15, 0.2) is 0 Å². The third-order valence-corrected chi connectivity index (χ3v) is 4.27. The fraction of sp³-hybridized carbons (Fsp3) is 0.118. The molecule has 1 heterocycles. The molecule has 0 radical (unpaired) electrons. The summed E-state index contributed by atoms with van der Waals surface area (Å²) in [6.45, 7) is 0.205. The summed E-state index contributed by atoms with van der Waals surface area (Å²) in [5.41, 5.74) is 0.856. The number of hydrogen-bond acceptors (Lipinski definition) is 4. The van der Waals surface area contributed by atoms with Crippen molar-refractivity contribution in [2.24, 2.45) is 0 Å². The molecule has 3 rings (SSSR count). The SMILES string of the molecule is COc1ccccc1COC(=O)c1cc2ccccc2s1. The highest BCUT2D eigenvalue weighted by molar-refractivity contribution is 7.20. The molecule has 0 N–H and O–H groups in total. The van der Waals surface area contributed by atoms with E-state index in [2.05, 4.69) is 0 Å². The standard InChI is InChI=1S/C17H14O3S/c1-19-14-8-4-2-7-13(14)11-20-17(18)16-10-12-6-3-5-9-15(12)21-16/h2-10H,11H2,1H3. The van der Waals surface area contributed by atoms with E-state index >= 15 is 0 Å². The van der Waals surface area contributed by atoms with Crippen LogP contribution in [0, 0.1) is 0 Å². The minimum absolute atomic E-state index is 0.205. The molecule has 0 bridgehead atoms. The second-order valence-electron chi connectivity index (χ2n) is 4.54. The summed E-state index contributed by atoms with van der Waals surface area (Å²) in [7, 11) is 1.60. The van der Waals surface area contributed by atoms with Crippen molar-refractivity contribution < 1.29 is 14.3 Å². The van der Waals surface area contributed by atoms with Gasteiger partial charge in [-0.15, -0.1) is 11.3 Å². The first kappa shape index (κ1) is 13.6. The molecule has 0 atom stereocenters. The van der Waals surface area contributed by atoms with Crippen molar-refractivity contribution in [2.45, 2.75) is 6.61 Å². The van der Waals surface area contributed by atoms with Crippen LogP contribution in [0.4, 0.5) is 0 Å². The van der Waals surface area contributed by atoms with Crippen LogP contribution >= 0.6 is 11.3 Å². The molecule has 0 saturated heterocycles. The summed E-state index contributed by atoms with van der Waals surface area (Å²) in [5, 5.41) is 1.06. The molecule has 1 aromatic heterocycles. The van der Waals surface area contributed by atoms with Gasteiger partial charge in [-0.3, -0.25) is 0 Å². The molecule has 4 heteroatoms. The third-order valence-electron chi connectivity index (χ3n) is 3.18. The number of para-hydroxylation sites is 1. The molecule has 0 fully saturated rings. The van der Waals surface area contributed by atoms with Crippen LogP contribution < -0.4 is 4.74 Å². The molecule has 0 aliphatic carbocycles. The minimum Gasteiger partial charge on any atom is -0.496 e. The number of hydrogen-bond donors (Lipinski definition) is 0. The summed E-state index contributed by atoms with van der Waals surface area (Å²) in [6.07, 6.45) is 0. The zero-order valence-corrected chi connectivity index (χ0v) is 12.4. The lowest BCUT2D eigenvalue weighted by molar-refractivity contribution is 0.0476. The molecule has 0 aliphatic heterocycles. The quantitative estimate of drug-likeness (QED) is 0.675. The van der Waals surface area contributed by atoms with Gasteiger partial charge in [0.2, 0.25) is 0 Å². The summed E-state index contributed by atoms with van der Waals surface area (Å²) in [4.78, 5) is 12.8. The third kappa shape index (κ3) is 2.90. The first-order chi connectivity index (χ1) is 10.3. The van der Waals surface area contributed by atoms with Crippen LogP contribution in [-0.2, 0) is 11.3 Å². The first-order valence-corrected chi connectivity index (χ1v) is 7.37. The van der Waals surface area contributed by atoms with E-state index in [0.717, 1.165) is 21.4 Å². The van der Waals surface area contributed by atoms with E-state index in [1.807, 2.05) is 54.6 Å². The second-order valence-corrected chi connectivity index (χ2v) is 5.62. The summed E-state index contributed by atoms with van der Waals surface area (Å²) < 4.78 is 11.7. The Morgan fingerprint density at radius 2 is 1.86 bits per heavy atom. The molecule has 0 spiro atoms. The van der Waals surface area contributed by atoms with Crippen molar-refractivity contribution in [3.8, 4) is 5.75 Å². The molecule has 106 valence electrons. The number of esters is 1. The summed E-state index contributed by atoms with van der Waals surface area (Å²) >= 11 is 1.44. The van der Waals surface area contributed by atoms with E-state index in [0.29, 0.717) is 4.88 Å². The van der Waals surface area contributed by atoms with Gasteiger partial charge in [-0.2, -0.15) is 0 Å². The molecule has 0 aliphatic rings. The fourth-order valence-electron chi connectivity index (χ4n) is 2.12. The number of rotatable bonds is 4. The normalized spacial score (nSPS) is 10.5. The van der Waals surface area contributed by atoms with E-state index in [-0.39, 0.29) is 12.6 Å². The Morgan fingerprint density at radius 3 is 2.67 bits per heavy atom. The van der Waals surface area contributed by atoms with E-state index in [9.17, 15) is 4.79 Å². The molecular formula is C17H14O3S. The maximum atomic E-state index is 12.1. The van der Waals surface area contributed by atoms with Crippen molar-refractivity contribution in [2.75, 3.05) is 7.11 Å². The van der Waals surface area contributed by atoms with Crippen LogP contribution in [0.25, 0.3) is 10.1 Å². The van der Waals surface area contributed by atoms with Gasteiger partial charge in [-0.05, 0) is 23.6 Å². The van der Waals surface area contributed by atoms with Crippen LogP contribution in [0.2, 0.25) is 0 Å². The number of thiophene rings is 1. The Morgan fingerprint density at radius 1 is 1.10 bits per heavy atom. The van der Waals surface area contributed by atoms with Crippen molar-refractivity contribution in [3.63, 3.8) is 0 Å². The number of ether oxygens (including phenoxy) is 2.